The Bertz CT molecular complexity index is 467. The summed E-state index contributed by atoms with van der Waals surface area (Å²) in [5.74, 6) is 1.32. The average molecular weight is 309 g/mol. The Morgan fingerprint density at radius 1 is 1.45 bits per heavy atom. The van der Waals surface area contributed by atoms with Gasteiger partial charge < -0.3 is 15.0 Å². The summed E-state index contributed by atoms with van der Waals surface area (Å²) in [6, 6.07) is 0. The molecule has 0 saturated carbocycles. The number of rotatable bonds is 8. The predicted octanol–water partition coefficient (Wildman–Crippen LogP) is 1.98. The minimum Gasteiger partial charge on any atom is -0.380 e. The first-order valence-electron chi connectivity index (χ1n) is 8.09. The van der Waals surface area contributed by atoms with Gasteiger partial charge in [-0.1, -0.05) is 13.8 Å². The fourth-order valence-electron chi connectivity index (χ4n) is 2.32. The van der Waals surface area contributed by atoms with Crippen molar-refractivity contribution in [2.24, 2.45) is 12.0 Å². The number of ether oxygens (including phenoxy) is 1. The van der Waals surface area contributed by atoms with Crippen LogP contribution in [0.15, 0.2) is 11.2 Å². The Morgan fingerprint density at radius 3 is 2.77 bits per heavy atom. The standard InChI is InChI=1S/C16H31N5O/c1-7-17-16(18-9-10-22-8-2)20(5)11-14-12-21(6)19-15(14)13(3)4/h12-13H,7-11H2,1-6H3,(H,17,18). The van der Waals surface area contributed by atoms with Gasteiger partial charge in [0, 0.05) is 45.6 Å². The first-order valence-corrected chi connectivity index (χ1v) is 8.09. The van der Waals surface area contributed by atoms with Gasteiger partial charge in [-0.05, 0) is 19.8 Å². The summed E-state index contributed by atoms with van der Waals surface area (Å²) in [6.07, 6.45) is 2.09. The second-order valence-electron chi connectivity index (χ2n) is 5.66. The fourth-order valence-corrected chi connectivity index (χ4v) is 2.32. The monoisotopic (exact) mass is 309 g/mol. The molecule has 1 rings (SSSR count). The molecule has 126 valence electrons. The first kappa shape index (κ1) is 18.5. The van der Waals surface area contributed by atoms with Crippen LogP contribution in [-0.4, -0.2) is 54.0 Å². The van der Waals surface area contributed by atoms with E-state index in [0.29, 0.717) is 19.1 Å². The zero-order chi connectivity index (χ0) is 16.5. The highest BCUT2D eigenvalue weighted by Crippen LogP contribution is 2.18. The van der Waals surface area contributed by atoms with E-state index in [1.54, 1.807) is 0 Å². The van der Waals surface area contributed by atoms with E-state index in [1.165, 1.54) is 5.56 Å². The molecule has 0 aliphatic rings. The van der Waals surface area contributed by atoms with Crippen LogP contribution in [0.2, 0.25) is 0 Å². The smallest absolute Gasteiger partial charge is 0.194 e. The number of aryl methyl sites for hydroxylation is 1. The summed E-state index contributed by atoms with van der Waals surface area (Å²) in [5, 5.41) is 7.89. The quantitative estimate of drug-likeness (QED) is 0.453. The minimum atomic E-state index is 0.419. The molecule has 1 N–H and O–H groups in total. The molecule has 0 aromatic carbocycles. The molecule has 0 aliphatic heterocycles. The van der Waals surface area contributed by atoms with Crippen molar-refractivity contribution >= 4 is 5.96 Å². The highest BCUT2D eigenvalue weighted by molar-refractivity contribution is 5.79. The van der Waals surface area contributed by atoms with Crippen LogP contribution in [0.1, 0.15) is 44.9 Å². The molecule has 0 radical (unpaired) electrons. The van der Waals surface area contributed by atoms with Gasteiger partial charge >= 0.3 is 0 Å². The van der Waals surface area contributed by atoms with E-state index < -0.39 is 0 Å². The van der Waals surface area contributed by atoms with Gasteiger partial charge in [-0.25, -0.2) is 0 Å². The molecular formula is C16H31N5O. The number of nitrogens with one attached hydrogen (secondary N) is 1. The SMILES string of the molecule is CCNC(=NCCOCC)N(C)Cc1cn(C)nc1C(C)C. The van der Waals surface area contributed by atoms with Crippen molar-refractivity contribution in [2.45, 2.75) is 40.2 Å². The van der Waals surface area contributed by atoms with E-state index in [2.05, 4.69) is 54.3 Å². The van der Waals surface area contributed by atoms with Crippen LogP contribution >= 0.6 is 0 Å². The number of hydrogen-bond acceptors (Lipinski definition) is 3. The summed E-state index contributed by atoms with van der Waals surface area (Å²) in [5.41, 5.74) is 2.40. The minimum absolute atomic E-state index is 0.419. The molecule has 0 aliphatic carbocycles. The molecule has 6 heteroatoms. The van der Waals surface area contributed by atoms with E-state index in [-0.39, 0.29) is 0 Å². The van der Waals surface area contributed by atoms with Crippen molar-refractivity contribution < 1.29 is 4.74 Å². The Labute approximate surface area is 134 Å². The molecule has 0 atom stereocenters. The summed E-state index contributed by atoms with van der Waals surface area (Å²) < 4.78 is 7.23. The largest absolute Gasteiger partial charge is 0.380 e. The van der Waals surface area contributed by atoms with Crippen LogP contribution in [0.5, 0.6) is 0 Å². The van der Waals surface area contributed by atoms with Gasteiger partial charge in [-0.3, -0.25) is 9.67 Å². The number of aliphatic imine (C=N–C) groups is 1. The van der Waals surface area contributed by atoms with Crippen molar-refractivity contribution in [3.05, 3.63) is 17.5 Å². The summed E-state index contributed by atoms with van der Waals surface area (Å²) in [7, 11) is 4.02. The second kappa shape index (κ2) is 9.46. The van der Waals surface area contributed by atoms with Crippen molar-refractivity contribution in [3.63, 3.8) is 0 Å². The van der Waals surface area contributed by atoms with Crippen LogP contribution in [0.3, 0.4) is 0 Å². The van der Waals surface area contributed by atoms with E-state index in [9.17, 15) is 0 Å². The molecule has 6 nitrogen and oxygen atoms in total. The lowest BCUT2D eigenvalue weighted by Crippen LogP contribution is -2.38. The lowest BCUT2D eigenvalue weighted by atomic mass is 10.1. The number of nitrogens with zero attached hydrogens (tertiary/aromatic N) is 4. The third-order valence-electron chi connectivity index (χ3n) is 3.29. The zero-order valence-electron chi connectivity index (χ0n) is 14.9. The maximum Gasteiger partial charge on any atom is 0.194 e. The van der Waals surface area contributed by atoms with Crippen molar-refractivity contribution in [1.82, 2.24) is 20.0 Å². The van der Waals surface area contributed by atoms with Gasteiger partial charge in [0.05, 0.1) is 18.8 Å². The van der Waals surface area contributed by atoms with Gasteiger partial charge in [-0.15, -0.1) is 0 Å². The van der Waals surface area contributed by atoms with E-state index in [0.717, 1.165) is 31.3 Å². The van der Waals surface area contributed by atoms with E-state index >= 15 is 0 Å². The molecule has 1 aromatic rings. The molecule has 0 saturated heterocycles. The van der Waals surface area contributed by atoms with Gasteiger partial charge in [-0.2, -0.15) is 5.10 Å². The third-order valence-corrected chi connectivity index (χ3v) is 3.29. The molecule has 0 fully saturated rings. The van der Waals surface area contributed by atoms with Gasteiger partial charge in [0.25, 0.3) is 0 Å². The molecule has 22 heavy (non-hydrogen) atoms. The van der Waals surface area contributed by atoms with Crippen molar-refractivity contribution in [2.75, 3.05) is 33.4 Å². The third kappa shape index (κ3) is 5.67. The Kier molecular flexibility index (Phi) is 7.95. The maximum absolute atomic E-state index is 5.35. The van der Waals surface area contributed by atoms with Crippen LogP contribution in [0.4, 0.5) is 0 Å². The fraction of sp³-hybridized carbons (Fsp3) is 0.750. The van der Waals surface area contributed by atoms with Gasteiger partial charge in [0.2, 0.25) is 0 Å². The van der Waals surface area contributed by atoms with Crippen LogP contribution in [0.25, 0.3) is 0 Å². The maximum atomic E-state index is 5.35. The van der Waals surface area contributed by atoms with Crippen molar-refractivity contribution in [3.8, 4) is 0 Å². The summed E-state index contributed by atoms with van der Waals surface area (Å²) in [4.78, 5) is 6.74. The van der Waals surface area contributed by atoms with Crippen molar-refractivity contribution in [1.29, 1.82) is 0 Å². The van der Waals surface area contributed by atoms with Crippen LogP contribution in [-0.2, 0) is 18.3 Å². The normalized spacial score (nSPS) is 12.0. The summed E-state index contributed by atoms with van der Waals surface area (Å²) in [6.45, 7) is 12.1. The first-order chi connectivity index (χ1) is 10.5. The zero-order valence-corrected chi connectivity index (χ0v) is 14.9. The Hall–Kier alpha value is -1.56. The number of aromatic nitrogens is 2. The van der Waals surface area contributed by atoms with Crippen LogP contribution < -0.4 is 5.32 Å². The number of hydrogen-bond donors (Lipinski definition) is 1. The van der Waals surface area contributed by atoms with Gasteiger partial charge in [0.1, 0.15) is 0 Å². The topological polar surface area (TPSA) is 54.7 Å². The molecule has 0 bridgehead atoms. The number of guanidine groups is 1. The molecule has 1 heterocycles. The van der Waals surface area contributed by atoms with Gasteiger partial charge in [0.15, 0.2) is 5.96 Å². The van der Waals surface area contributed by atoms with Crippen LogP contribution in [0, 0.1) is 0 Å². The molecule has 1 aromatic heterocycles. The average Bonchev–Trinajstić information content (AvgIpc) is 2.83. The molecule has 0 unspecified atom stereocenters. The second-order valence-corrected chi connectivity index (χ2v) is 5.66. The van der Waals surface area contributed by atoms with E-state index in [4.69, 9.17) is 4.74 Å². The highest BCUT2D eigenvalue weighted by Gasteiger charge is 2.14. The molecular weight excluding hydrogens is 278 g/mol. The highest BCUT2D eigenvalue weighted by atomic mass is 16.5. The summed E-state index contributed by atoms with van der Waals surface area (Å²) >= 11 is 0. The predicted molar refractivity (Wildman–Crippen MR) is 91.2 cm³/mol. The lowest BCUT2D eigenvalue weighted by Gasteiger charge is -2.22. The lowest BCUT2D eigenvalue weighted by molar-refractivity contribution is 0.155. The Morgan fingerprint density at radius 2 is 2.18 bits per heavy atom. The molecule has 0 spiro atoms. The molecule has 0 amide bonds. The Balaban J connectivity index is 2.76. The van der Waals surface area contributed by atoms with E-state index in [1.807, 2.05) is 18.7 Å².